The molecule has 110 valence electrons. The summed E-state index contributed by atoms with van der Waals surface area (Å²) in [6.07, 6.45) is 3.48. The zero-order valence-electron chi connectivity index (χ0n) is 11.8. The van der Waals surface area contributed by atoms with Gasteiger partial charge in [-0.15, -0.1) is 0 Å². The van der Waals surface area contributed by atoms with Gasteiger partial charge in [-0.05, 0) is 31.4 Å². The summed E-state index contributed by atoms with van der Waals surface area (Å²) in [5, 5.41) is 3.23. The third-order valence-corrected chi connectivity index (χ3v) is 4.29. The van der Waals surface area contributed by atoms with Crippen molar-refractivity contribution in [1.29, 1.82) is 0 Å². The highest BCUT2D eigenvalue weighted by molar-refractivity contribution is 9.10. The van der Waals surface area contributed by atoms with Crippen molar-refractivity contribution in [2.45, 2.75) is 25.9 Å². The number of rotatable bonds is 5. The van der Waals surface area contributed by atoms with Gasteiger partial charge in [0.15, 0.2) is 0 Å². The van der Waals surface area contributed by atoms with Gasteiger partial charge in [0.2, 0.25) is 5.91 Å². The number of hydrogen-bond acceptors (Lipinski definition) is 3. The normalized spacial score (nSPS) is 15.2. The summed E-state index contributed by atoms with van der Waals surface area (Å²) in [5.74, 6) is 0.174. The Morgan fingerprint density at radius 2 is 2.10 bits per heavy atom. The molecule has 0 radical (unpaired) electrons. The summed E-state index contributed by atoms with van der Waals surface area (Å²) >= 11 is 3.52. The van der Waals surface area contributed by atoms with E-state index in [2.05, 4.69) is 21.2 Å². The minimum Gasteiger partial charge on any atom is -0.380 e. The molecule has 20 heavy (non-hydrogen) atoms. The Labute approximate surface area is 128 Å². The van der Waals surface area contributed by atoms with Crippen molar-refractivity contribution in [3.05, 3.63) is 28.2 Å². The van der Waals surface area contributed by atoms with E-state index in [0.717, 1.165) is 41.7 Å². The Morgan fingerprint density at radius 3 is 2.80 bits per heavy atom. The molecule has 0 bridgehead atoms. The fourth-order valence-electron chi connectivity index (χ4n) is 2.44. The van der Waals surface area contributed by atoms with Crippen LogP contribution in [0.5, 0.6) is 0 Å². The van der Waals surface area contributed by atoms with E-state index in [1.165, 1.54) is 6.42 Å². The van der Waals surface area contributed by atoms with Crippen LogP contribution >= 0.6 is 15.9 Å². The second kappa shape index (κ2) is 7.64. The van der Waals surface area contributed by atoms with Crippen molar-refractivity contribution in [3.8, 4) is 0 Å². The predicted octanol–water partition coefficient (Wildman–Crippen LogP) is 3.02. The minimum atomic E-state index is 0.174. The zero-order valence-corrected chi connectivity index (χ0v) is 13.4. The van der Waals surface area contributed by atoms with Crippen LogP contribution in [0.15, 0.2) is 22.7 Å². The maximum Gasteiger partial charge on any atom is 0.241 e. The molecule has 0 spiro atoms. The summed E-state index contributed by atoms with van der Waals surface area (Å²) in [4.78, 5) is 14.1. The fraction of sp³-hybridized carbons (Fsp3) is 0.533. The van der Waals surface area contributed by atoms with Crippen molar-refractivity contribution >= 4 is 27.5 Å². The van der Waals surface area contributed by atoms with Crippen molar-refractivity contribution in [3.63, 3.8) is 0 Å². The number of methoxy groups -OCH3 is 1. The van der Waals surface area contributed by atoms with E-state index in [4.69, 9.17) is 4.74 Å². The minimum absolute atomic E-state index is 0.174. The quantitative estimate of drug-likeness (QED) is 0.895. The molecule has 1 aromatic carbocycles. The van der Waals surface area contributed by atoms with E-state index < -0.39 is 0 Å². The van der Waals surface area contributed by atoms with Gasteiger partial charge in [-0.2, -0.15) is 0 Å². The first kappa shape index (κ1) is 15.3. The van der Waals surface area contributed by atoms with E-state index in [1.54, 1.807) is 7.11 Å². The van der Waals surface area contributed by atoms with Crippen LogP contribution in [0.1, 0.15) is 24.8 Å². The van der Waals surface area contributed by atoms with Crippen LogP contribution in [0.3, 0.4) is 0 Å². The van der Waals surface area contributed by atoms with E-state index >= 15 is 0 Å². The van der Waals surface area contributed by atoms with E-state index in [1.807, 2.05) is 23.1 Å². The molecule has 1 amide bonds. The second-order valence-electron chi connectivity index (χ2n) is 4.99. The Balaban J connectivity index is 1.96. The number of nitrogens with zero attached hydrogens (tertiary/aromatic N) is 1. The molecule has 1 fully saturated rings. The number of anilines is 1. The van der Waals surface area contributed by atoms with Gasteiger partial charge in [0.25, 0.3) is 0 Å². The maximum atomic E-state index is 12.1. The fourth-order valence-corrected chi connectivity index (χ4v) is 2.92. The number of nitrogens with one attached hydrogen (secondary N) is 1. The molecule has 1 aliphatic heterocycles. The summed E-state index contributed by atoms with van der Waals surface area (Å²) in [7, 11) is 1.67. The maximum absolute atomic E-state index is 12.1. The molecular weight excluding hydrogens is 320 g/mol. The van der Waals surface area contributed by atoms with Crippen LogP contribution in [0.25, 0.3) is 0 Å². The van der Waals surface area contributed by atoms with Crippen LogP contribution < -0.4 is 5.32 Å². The lowest BCUT2D eigenvalue weighted by atomic mass is 10.1. The highest BCUT2D eigenvalue weighted by atomic mass is 79.9. The molecule has 2 rings (SSSR count). The van der Waals surface area contributed by atoms with Crippen molar-refractivity contribution in [1.82, 2.24) is 4.90 Å². The molecule has 1 aliphatic rings. The number of piperidine rings is 1. The average molecular weight is 341 g/mol. The largest absolute Gasteiger partial charge is 0.380 e. The second-order valence-corrected chi connectivity index (χ2v) is 5.85. The number of carbonyl (C=O) groups excluding carboxylic acids is 1. The van der Waals surface area contributed by atoms with Gasteiger partial charge in [-0.3, -0.25) is 4.79 Å². The molecule has 0 saturated carbocycles. The third kappa shape index (κ3) is 3.96. The predicted molar refractivity (Wildman–Crippen MR) is 83.8 cm³/mol. The lowest BCUT2D eigenvalue weighted by Gasteiger charge is -2.27. The van der Waals surface area contributed by atoms with Crippen molar-refractivity contribution < 1.29 is 9.53 Å². The molecule has 0 aliphatic carbocycles. The van der Waals surface area contributed by atoms with Gasteiger partial charge in [-0.25, -0.2) is 0 Å². The first-order chi connectivity index (χ1) is 9.72. The molecule has 0 unspecified atom stereocenters. The average Bonchev–Trinajstić information content (AvgIpc) is 2.48. The van der Waals surface area contributed by atoms with Crippen molar-refractivity contribution in [2.75, 3.05) is 32.1 Å². The monoisotopic (exact) mass is 340 g/mol. The van der Waals surface area contributed by atoms with Crippen LogP contribution in [0.2, 0.25) is 0 Å². The molecule has 4 nitrogen and oxygen atoms in total. The number of benzene rings is 1. The molecule has 5 heteroatoms. The van der Waals surface area contributed by atoms with Gasteiger partial charge in [0.1, 0.15) is 0 Å². The van der Waals surface area contributed by atoms with Crippen LogP contribution in [0.4, 0.5) is 5.69 Å². The summed E-state index contributed by atoms with van der Waals surface area (Å²) < 4.78 is 6.20. The lowest BCUT2D eigenvalue weighted by molar-refractivity contribution is -0.130. The first-order valence-electron chi connectivity index (χ1n) is 7.00. The van der Waals surface area contributed by atoms with Gasteiger partial charge in [0, 0.05) is 35.9 Å². The smallest absolute Gasteiger partial charge is 0.241 e. The Hall–Kier alpha value is -1.07. The first-order valence-corrected chi connectivity index (χ1v) is 7.79. The lowest BCUT2D eigenvalue weighted by Crippen LogP contribution is -2.39. The molecule has 1 N–H and O–H groups in total. The number of ether oxygens (including phenoxy) is 1. The summed E-state index contributed by atoms with van der Waals surface area (Å²) in [6.45, 7) is 2.64. The van der Waals surface area contributed by atoms with E-state index in [-0.39, 0.29) is 5.91 Å². The van der Waals surface area contributed by atoms with E-state index in [0.29, 0.717) is 13.2 Å². The third-order valence-electron chi connectivity index (χ3n) is 3.55. The molecular formula is C15H21BrN2O2. The van der Waals surface area contributed by atoms with E-state index in [9.17, 15) is 4.79 Å². The molecule has 0 aromatic heterocycles. The van der Waals surface area contributed by atoms with Gasteiger partial charge in [-0.1, -0.05) is 22.0 Å². The summed E-state index contributed by atoms with van der Waals surface area (Å²) in [5.41, 5.74) is 1.99. The van der Waals surface area contributed by atoms with Crippen LogP contribution in [-0.4, -0.2) is 37.6 Å². The molecule has 1 aromatic rings. The van der Waals surface area contributed by atoms with Gasteiger partial charge < -0.3 is 15.0 Å². The number of halogens is 1. The number of hydrogen-bond donors (Lipinski definition) is 1. The number of likely N-dealkylation sites (tertiary alicyclic amines) is 1. The number of amides is 1. The highest BCUT2D eigenvalue weighted by Crippen LogP contribution is 2.25. The molecule has 1 heterocycles. The Bertz CT molecular complexity index is 459. The van der Waals surface area contributed by atoms with Gasteiger partial charge in [0.05, 0.1) is 13.2 Å². The summed E-state index contributed by atoms with van der Waals surface area (Å²) in [6, 6.07) is 5.91. The topological polar surface area (TPSA) is 41.6 Å². The highest BCUT2D eigenvalue weighted by Gasteiger charge is 2.16. The molecule has 0 atom stereocenters. The number of carbonyl (C=O) groups is 1. The van der Waals surface area contributed by atoms with Gasteiger partial charge >= 0.3 is 0 Å². The SMILES string of the molecule is COCc1c(Br)cccc1NCC(=O)N1CCCCC1. The van der Waals surface area contributed by atoms with Crippen LogP contribution in [-0.2, 0) is 16.1 Å². The van der Waals surface area contributed by atoms with Crippen LogP contribution in [0, 0.1) is 0 Å². The van der Waals surface area contributed by atoms with Crippen molar-refractivity contribution in [2.24, 2.45) is 0 Å². The standard InChI is InChI=1S/C15H21BrN2O2/c1-20-11-12-13(16)6-5-7-14(12)17-10-15(19)18-8-3-2-4-9-18/h5-7,17H,2-4,8-11H2,1H3. The zero-order chi connectivity index (χ0) is 14.4. The molecule has 1 saturated heterocycles. The Kier molecular flexibility index (Phi) is 5.86. The Morgan fingerprint density at radius 1 is 1.35 bits per heavy atom.